The smallest absolute Gasteiger partial charge is 0.276 e. The van der Waals surface area contributed by atoms with Gasteiger partial charge in [-0.3, -0.25) is 0 Å². The number of aromatic nitrogens is 2. The average Bonchev–Trinajstić information content (AvgIpc) is 3.10. The van der Waals surface area contributed by atoms with E-state index in [1.165, 1.54) is 24.6 Å². The molecule has 2 fully saturated rings. The maximum absolute atomic E-state index is 6.01. The Labute approximate surface area is 110 Å². The van der Waals surface area contributed by atoms with Gasteiger partial charge in [0.15, 0.2) is 5.79 Å². The summed E-state index contributed by atoms with van der Waals surface area (Å²) in [6, 6.07) is 0. The predicted molar refractivity (Wildman–Crippen MR) is 64.9 cm³/mol. The van der Waals surface area contributed by atoms with Crippen LogP contribution in [0.2, 0.25) is 0 Å². The molecule has 6 nitrogen and oxygen atoms in total. The van der Waals surface area contributed by atoms with E-state index in [9.17, 15) is 0 Å². The minimum Gasteiger partial charge on any atom is -0.415 e. The zero-order chi connectivity index (χ0) is 12.4. The van der Waals surface area contributed by atoms with Gasteiger partial charge in [0.25, 0.3) is 5.22 Å². The molecule has 1 atom stereocenters. The van der Waals surface area contributed by atoms with E-state index in [2.05, 4.69) is 10.2 Å². The van der Waals surface area contributed by atoms with Gasteiger partial charge >= 0.3 is 0 Å². The molecule has 2 N–H and O–H groups in total. The van der Waals surface area contributed by atoms with Gasteiger partial charge in [0.05, 0.1) is 19.3 Å². The third-order valence-corrected chi connectivity index (χ3v) is 4.25. The maximum Gasteiger partial charge on any atom is 0.276 e. The molecule has 1 aliphatic heterocycles. The molecule has 1 aromatic heterocycles. The van der Waals surface area contributed by atoms with Crippen LogP contribution < -0.4 is 5.73 Å². The van der Waals surface area contributed by atoms with Crippen molar-refractivity contribution < 1.29 is 13.9 Å². The second-order valence-electron chi connectivity index (χ2n) is 4.65. The summed E-state index contributed by atoms with van der Waals surface area (Å²) in [4.78, 5) is 0. The molecule has 0 bridgehead atoms. The number of thioether (sulfide) groups is 1. The number of nitrogens with two attached hydrogens (primary N) is 1. The first-order valence-corrected chi connectivity index (χ1v) is 7.25. The van der Waals surface area contributed by atoms with Gasteiger partial charge in [-0.2, -0.15) is 0 Å². The summed E-state index contributed by atoms with van der Waals surface area (Å²) >= 11 is 1.50. The predicted octanol–water partition coefficient (Wildman–Crippen LogP) is 1.31. The van der Waals surface area contributed by atoms with Crippen LogP contribution in [0.4, 0.5) is 0 Å². The Kier molecular flexibility index (Phi) is 3.56. The van der Waals surface area contributed by atoms with E-state index in [-0.39, 0.29) is 18.4 Å². The fourth-order valence-corrected chi connectivity index (χ4v) is 3.16. The van der Waals surface area contributed by atoms with Crippen LogP contribution in [0, 0.1) is 0 Å². The lowest BCUT2D eigenvalue weighted by Gasteiger charge is -2.21. The fraction of sp³-hybridized carbons (Fsp3) is 0.818. The van der Waals surface area contributed by atoms with E-state index >= 15 is 0 Å². The van der Waals surface area contributed by atoms with E-state index in [0.717, 1.165) is 18.6 Å². The van der Waals surface area contributed by atoms with E-state index < -0.39 is 0 Å². The van der Waals surface area contributed by atoms with Crippen molar-refractivity contribution in [1.82, 2.24) is 10.2 Å². The fourth-order valence-electron chi connectivity index (χ4n) is 2.42. The van der Waals surface area contributed by atoms with E-state index in [1.807, 2.05) is 0 Å². The van der Waals surface area contributed by atoms with Crippen molar-refractivity contribution >= 4 is 11.8 Å². The van der Waals surface area contributed by atoms with Crippen molar-refractivity contribution in [2.24, 2.45) is 5.73 Å². The van der Waals surface area contributed by atoms with Gasteiger partial charge in [-0.15, -0.1) is 10.2 Å². The van der Waals surface area contributed by atoms with Crippen molar-refractivity contribution in [3.05, 3.63) is 5.89 Å². The highest BCUT2D eigenvalue weighted by Gasteiger charge is 2.43. The lowest BCUT2D eigenvalue weighted by molar-refractivity contribution is -0.159. The molecule has 0 amide bonds. The molecule has 7 heteroatoms. The highest BCUT2D eigenvalue weighted by Crippen LogP contribution is 2.40. The molecule has 0 aromatic carbocycles. The summed E-state index contributed by atoms with van der Waals surface area (Å²) in [5, 5.41) is 8.27. The minimum atomic E-state index is -0.289. The zero-order valence-electron chi connectivity index (χ0n) is 10.1. The number of hydrogen-bond donors (Lipinski definition) is 1. The third kappa shape index (κ3) is 2.54. The Balaban J connectivity index is 1.49. The Morgan fingerprint density at radius 3 is 2.89 bits per heavy atom. The highest BCUT2D eigenvalue weighted by molar-refractivity contribution is 7.99. The standard InChI is InChI=1S/C11H17N3O3S/c12-5-9-13-14-10(16-9)18-7-8-6-15-11(17-8)3-1-2-4-11/h8H,1-7,12H2. The molecule has 0 radical (unpaired) electrons. The summed E-state index contributed by atoms with van der Waals surface area (Å²) < 4.78 is 17.1. The van der Waals surface area contributed by atoms with Crippen LogP contribution in [-0.4, -0.2) is 34.4 Å². The van der Waals surface area contributed by atoms with Crippen molar-refractivity contribution in [2.75, 3.05) is 12.4 Å². The lowest BCUT2D eigenvalue weighted by atomic mass is 10.2. The SMILES string of the molecule is NCc1nnc(SCC2COC3(CCCC3)O2)o1. The third-order valence-electron chi connectivity index (χ3n) is 3.29. The first kappa shape index (κ1) is 12.4. The van der Waals surface area contributed by atoms with Crippen LogP contribution in [-0.2, 0) is 16.0 Å². The van der Waals surface area contributed by atoms with Crippen LogP contribution in [0.3, 0.4) is 0 Å². The molecule has 100 valence electrons. The highest BCUT2D eigenvalue weighted by atomic mass is 32.2. The molecular formula is C11H17N3O3S. The quantitative estimate of drug-likeness (QED) is 0.826. The molecule has 2 heterocycles. The molecule has 1 aromatic rings. The van der Waals surface area contributed by atoms with Gasteiger partial charge in [-0.1, -0.05) is 11.8 Å². The lowest BCUT2D eigenvalue weighted by Crippen LogP contribution is -2.27. The normalized spacial score (nSPS) is 26.2. The van der Waals surface area contributed by atoms with Gasteiger partial charge in [-0.05, 0) is 12.8 Å². The summed E-state index contributed by atoms with van der Waals surface area (Å²) in [5.74, 6) is 0.949. The molecule has 1 spiro atoms. The Bertz CT molecular complexity index is 406. The van der Waals surface area contributed by atoms with Crippen LogP contribution in [0.1, 0.15) is 31.6 Å². The molecule has 2 aliphatic rings. The van der Waals surface area contributed by atoms with Gasteiger partial charge in [0.1, 0.15) is 0 Å². The molecule has 1 aliphatic carbocycles. The van der Waals surface area contributed by atoms with E-state index in [1.54, 1.807) is 0 Å². The topological polar surface area (TPSA) is 83.4 Å². The van der Waals surface area contributed by atoms with Gasteiger partial charge in [0, 0.05) is 18.6 Å². The largest absolute Gasteiger partial charge is 0.415 e. The van der Waals surface area contributed by atoms with Gasteiger partial charge in [0.2, 0.25) is 5.89 Å². The second kappa shape index (κ2) is 5.16. The van der Waals surface area contributed by atoms with Crippen LogP contribution in [0.15, 0.2) is 9.64 Å². The number of rotatable bonds is 4. The maximum atomic E-state index is 6.01. The Hall–Kier alpha value is -0.630. The van der Waals surface area contributed by atoms with E-state index in [0.29, 0.717) is 17.7 Å². The van der Waals surface area contributed by atoms with E-state index in [4.69, 9.17) is 19.6 Å². The Morgan fingerprint density at radius 2 is 2.17 bits per heavy atom. The van der Waals surface area contributed by atoms with Crippen molar-refractivity contribution in [2.45, 2.75) is 49.3 Å². The first-order valence-electron chi connectivity index (χ1n) is 6.27. The zero-order valence-corrected chi connectivity index (χ0v) is 10.9. The van der Waals surface area contributed by atoms with Crippen molar-refractivity contribution in [3.8, 4) is 0 Å². The number of ether oxygens (including phenoxy) is 2. The van der Waals surface area contributed by atoms with Crippen LogP contribution in [0.5, 0.6) is 0 Å². The van der Waals surface area contributed by atoms with Crippen LogP contribution in [0.25, 0.3) is 0 Å². The summed E-state index contributed by atoms with van der Waals surface area (Å²) in [6.45, 7) is 0.935. The summed E-state index contributed by atoms with van der Waals surface area (Å²) in [6.07, 6.45) is 4.55. The summed E-state index contributed by atoms with van der Waals surface area (Å²) in [7, 11) is 0. The molecule has 3 rings (SSSR count). The minimum absolute atomic E-state index is 0.112. The molecule has 1 unspecified atom stereocenters. The van der Waals surface area contributed by atoms with Crippen molar-refractivity contribution in [1.29, 1.82) is 0 Å². The van der Waals surface area contributed by atoms with Gasteiger partial charge < -0.3 is 19.6 Å². The average molecular weight is 271 g/mol. The molecule has 1 saturated heterocycles. The molecular weight excluding hydrogens is 254 g/mol. The summed E-state index contributed by atoms with van der Waals surface area (Å²) in [5.41, 5.74) is 5.41. The van der Waals surface area contributed by atoms with Crippen LogP contribution >= 0.6 is 11.8 Å². The second-order valence-corrected chi connectivity index (χ2v) is 5.62. The first-order chi connectivity index (χ1) is 8.80. The number of hydrogen-bond acceptors (Lipinski definition) is 7. The number of nitrogens with zero attached hydrogens (tertiary/aromatic N) is 2. The van der Waals surface area contributed by atoms with Crippen molar-refractivity contribution in [3.63, 3.8) is 0 Å². The van der Waals surface area contributed by atoms with Gasteiger partial charge in [-0.25, -0.2) is 0 Å². The molecule has 18 heavy (non-hydrogen) atoms. The Morgan fingerprint density at radius 1 is 1.33 bits per heavy atom. The molecule has 1 saturated carbocycles. The monoisotopic (exact) mass is 271 g/mol.